The summed E-state index contributed by atoms with van der Waals surface area (Å²) in [5, 5.41) is 9.29. The summed E-state index contributed by atoms with van der Waals surface area (Å²) < 4.78 is 19.7. The largest absolute Gasteiger partial charge is 0.473 e. The third kappa shape index (κ3) is 4.28. The van der Waals surface area contributed by atoms with Crippen LogP contribution in [0, 0.1) is 0 Å². The number of ketones is 1. The van der Waals surface area contributed by atoms with Crippen LogP contribution >= 0.6 is 0 Å². The van der Waals surface area contributed by atoms with Gasteiger partial charge in [0.25, 0.3) is 0 Å². The molecule has 1 spiro atoms. The van der Waals surface area contributed by atoms with Gasteiger partial charge >= 0.3 is 0 Å². The normalized spacial score (nSPS) is 26.5. The Morgan fingerprint density at radius 1 is 1.10 bits per heavy atom. The maximum atomic E-state index is 13.2. The highest BCUT2D eigenvalue weighted by molar-refractivity contribution is 5.91. The first-order valence-corrected chi connectivity index (χ1v) is 14.4. The standard InChI is InChI=1S/C29H36N6O4/c1-18(23-8-6-13-34(23)2)38-25-15-22(21-10-14-35(32-21)19-16-37-17-19)30-28(31-25)26-20-7-5-12-29(27(20)39-33-26)11-4-3-9-24(29)36/h10,14-15,18-19,23H,3-9,11-13,16-17H2,1-2H3/t18-,23-,29+/m0/s1. The van der Waals surface area contributed by atoms with E-state index in [4.69, 9.17) is 29.1 Å². The second-order valence-corrected chi connectivity index (χ2v) is 11.7. The summed E-state index contributed by atoms with van der Waals surface area (Å²) in [6, 6.07) is 4.43. The number of fused-ring (bicyclic) bond motifs is 2. The number of Topliss-reactive ketones (excluding diaryl/α,β-unsaturated/α-hetero) is 1. The van der Waals surface area contributed by atoms with Crippen LogP contribution in [0.4, 0.5) is 0 Å². The molecule has 206 valence electrons. The molecule has 7 rings (SSSR count). The molecule has 2 saturated heterocycles. The minimum atomic E-state index is -0.542. The maximum absolute atomic E-state index is 13.2. The van der Waals surface area contributed by atoms with Gasteiger partial charge in [0, 0.05) is 30.3 Å². The second-order valence-electron chi connectivity index (χ2n) is 11.7. The van der Waals surface area contributed by atoms with Crippen molar-refractivity contribution in [2.45, 2.75) is 88.3 Å². The van der Waals surface area contributed by atoms with Crippen molar-refractivity contribution in [3.8, 4) is 28.8 Å². The van der Waals surface area contributed by atoms with Crippen LogP contribution in [0.3, 0.4) is 0 Å². The smallest absolute Gasteiger partial charge is 0.217 e. The SMILES string of the molecule is C[C@H](Oc1cc(-c2ccn(C3COC3)n2)nc(-c2noc3c2CCC[C@@]32CCCCC2=O)n1)[C@@H]1CCCN1C. The van der Waals surface area contributed by atoms with Crippen LogP contribution in [0.25, 0.3) is 22.9 Å². The molecule has 5 heterocycles. The van der Waals surface area contributed by atoms with E-state index in [-0.39, 0.29) is 17.9 Å². The number of carbonyl (C=O) groups excluding carboxylic acids is 1. The van der Waals surface area contributed by atoms with Crippen LogP contribution in [0.15, 0.2) is 22.9 Å². The Kier molecular flexibility index (Phi) is 6.27. The molecule has 10 nitrogen and oxygen atoms in total. The van der Waals surface area contributed by atoms with Gasteiger partial charge in [0.15, 0.2) is 17.3 Å². The van der Waals surface area contributed by atoms with Crippen molar-refractivity contribution in [2.24, 2.45) is 0 Å². The summed E-state index contributed by atoms with van der Waals surface area (Å²) >= 11 is 0. The van der Waals surface area contributed by atoms with E-state index in [2.05, 4.69) is 24.0 Å². The lowest BCUT2D eigenvalue weighted by molar-refractivity contribution is -0.128. The Morgan fingerprint density at radius 2 is 1.97 bits per heavy atom. The molecule has 3 fully saturated rings. The van der Waals surface area contributed by atoms with E-state index < -0.39 is 5.41 Å². The van der Waals surface area contributed by atoms with Crippen molar-refractivity contribution >= 4 is 5.78 Å². The van der Waals surface area contributed by atoms with Gasteiger partial charge in [-0.3, -0.25) is 14.4 Å². The first-order chi connectivity index (χ1) is 19.0. The topological polar surface area (TPSA) is 108 Å². The number of rotatable bonds is 6. The summed E-state index contributed by atoms with van der Waals surface area (Å²) in [5.41, 5.74) is 2.47. The van der Waals surface area contributed by atoms with Gasteiger partial charge in [-0.25, -0.2) is 4.98 Å². The van der Waals surface area contributed by atoms with Gasteiger partial charge in [-0.2, -0.15) is 10.1 Å². The van der Waals surface area contributed by atoms with E-state index in [0.717, 1.165) is 68.5 Å². The van der Waals surface area contributed by atoms with Gasteiger partial charge in [-0.1, -0.05) is 11.6 Å². The highest BCUT2D eigenvalue weighted by atomic mass is 16.5. The first kappa shape index (κ1) is 24.9. The molecule has 0 aromatic carbocycles. The summed E-state index contributed by atoms with van der Waals surface area (Å²) in [5.74, 6) is 1.98. The number of aromatic nitrogens is 5. The Bertz CT molecular complexity index is 1380. The van der Waals surface area contributed by atoms with Crippen molar-refractivity contribution in [3.05, 3.63) is 29.7 Å². The molecule has 0 amide bonds. The van der Waals surface area contributed by atoms with Crippen LogP contribution < -0.4 is 4.74 Å². The van der Waals surface area contributed by atoms with Gasteiger partial charge in [0.1, 0.15) is 17.6 Å². The minimum Gasteiger partial charge on any atom is -0.473 e. The number of hydrogen-bond donors (Lipinski definition) is 0. The number of carbonyl (C=O) groups is 1. The van der Waals surface area contributed by atoms with Gasteiger partial charge in [0.05, 0.1) is 30.4 Å². The molecule has 0 bridgehead atoms. The summed E-state index contributed by atoms with van der Waals surface area (Å²) in [6.07, 6.45) is 10.2. The number of nitrogens with zero attached hydrogens (tertiary/aromatic N) is 6. The molecule has 1 saturated carbocycles. The van der Waals surface area contributed by atoms with Gasteiger partial charge < -0.3 is 14.0 Å². The lowest BCUT2D eigenvalue weighted by Gasteiger charge is -2.36. The van der Waals surface area contributed by atoms with Crippen molar-refractivity contribution in [3.63, 3.8) is 0 Å². The van der Waals surface area contributed by atoms with Crippen molar-refractivity contribution in [1.82, 2.24) is 29.8 Å². The van der Waals surface area contributed by atoms with E-state index in [0.29, 0.717) is 48.8 Å². The Balaban J connectivity index is 1.28. The number of likely N-dealkylation sites (tertiary alicyclic amines) is 1. The number of likely N-dealkylation sites (N-methyl/N-ethyl adjacent to an activating group) is 1. The predicted octanol–water partition coefficient (Wildman–Crippen LogP) is 4.15. The zero-order valence-corrected chi connectivity index (χ0v) is 22.8. The van der Waals surface area contributed by atoms with Crippen LogP contribution in [0.5, 0.6) is 5.88 Å². The van der Waals surface area contributed by atoms with Crippen LogP contribution in [0.2, 0.25) is 0 Å². The fourth-order valence-electron chi connectivity index (χ4n) is 6.94. The third-order valence-corrected chi connectivity index (χ3v) is 9.25. The molecule has 0 radical (unpaired) electrons. The Hall–Kier alpha value is -3.11. The van der Waals surface area contributed by atoms with E-state index in [1.165, 1.54) is 6.42 Å². The summed E-state index contributed by atoms with van der Waals surface area (Å²) in [6.45, 7) is 4.52. The van der Waals surface area contributed by atoms with Crippen LogP contribution in [0.1, 0.15) is 75.7 Å². The first-order valence-electron chi connectivity index (χ1n) is 14.4. The summed E-state index contributed by atoms with van der Waals surface area (Å²) in [4.78, 5) is 25.3. The fourth-order valence-corrected chi connectivity index (χ4v) is 6.94. The summed E-state index contributed by atoms with van der Waals surface area (Å²) in [7, 11) is 2.15. The zero-order valence-electron chi connectivity index (χ0n) is 22.8. The zero-order chi connectivity index (χ0) is 26.6. The molecule has 10 heteroatoms. The fraction of sp³-hybridized carbons (Fsp3) is 0.621. The predicted molar refractivity (Wildman–Crippen MR) is 142 cm³/mol. The molecule has 3 aromatic rings. The van der Waals surface area contributed by atoms with Gasteiger partial charge in [0.2, 0.25) is 5.88 Å². The molecule has 2 aliphatic heterocycles. The monoisotopic (exact) mass is 532 g/mol. The molecule has 39 heavy (non-hydrogen) atoms. The lowest BCUT2D eigenvalue weighted by atomic mass is 9.64. The van der Waals surface area contributed by atoms with Crippen molar-refractivity contribution in [1.29, 1.82) is 0 Å². The molecule has 3 atom stereocenters. The molecular weight excluding hydrogens is 496 g/mol. The van der Waals surface area contributed by atoms with E-state index in [1.54, 1.807) is 0 Å². The van der Waals surface area contributed by atoms with Crippen molar-refractivity contribution < 1.29 is 18.8 Å². The maximum Gasteiger partial charge on any atom is 0.217 e. The average molecular weight is 533 g/mol. The van der Waals surface area contributed by atoms with Crippen LogP contribution in [-0.2, 0) is 21.4 Å². The lowest BCUT2D eigenvalue weighted by Crippen LogP contribution is -2.41. The molecule has 4 aliphatic rings. The molecule has 2 aliphatic carbocycles. The van der Waals surface area contributed by atoms with Gasteiger partial charge in [-0.15, -0.1) is 0 Å². The van der Waals surface area contributed by atoms with E-state index in [9.17, 15) is 4.79 Å². The molecule has 3 aromatic heterocycles. The quantitative estimate of drug-likeness (QED) is 0.463. The second kappa shape index (κ2) is 9.82. The van der Waals surface area contributed by atoms with E-state index >= 15 is 0 Å². The Labute approximate surface area is 228 Å². The highest BCUT2D eigenvalue weighted by Gasteiger charge is 2.48. The van der Waals surface area contributed by atoms with Crippen LogP contribution in [-0.4, -0.2) is 74.5 Å². The van der Waals surface area contributed by atoms with E-state index in [1.807, 2.05) is 23.0 Å². The molecular formula is C29H36N6O4. The average Bonchev–Trinajstić information content (AvgIpc) is 3.65. The Morgan fingerprint density at radius 3 is 2.74 bits per heavy atom. The molecule has 0 unspecified atom stereocenters. The number of hydrogen-bond acceptors (Lipinski definition) is 9. The van der Waals surface area contributed by atoms with Crippen molar-refractivity contribution in [2.75, 3.05) is 26.8 Å². The third-order valence-electron chi connectivity index (χ3n) is 9.25. The van der Waals surface area contributed by atoms with Gasteiger partial charge in [-0.05, 0) is 71.5 Å². The molecule has 0 N–H and O–H groups in total. The minimum absolute atomic E-state index is 0.0351. The number of ether oxygens (including phenoxy) is 2. The highest BCUT2D eigenvalue weighted by Crippen LogP contribution is 2.47.